The first kappa shape index (κ1) is 22.0. The van der Waals surface area contributed by atoms with Gasteiger partial charge in [-0.1, -0.05) is 13.0 Å². The highest BCUT2D eigenvalue weighted by molar-refractivity contribution is 7.13. The zero-order chi connectivity index (χ0) is 24.6. The first-order valence-electron chi connectivity index (χ1n) is 11.3. The molecule has 3 N–H and O–H groups in total. The average molecular weight is 499 g/mol. The van der Waals surface area contributed by atoms with Crippen LogP contribution in [0.5, 0.6) is 0 Å². The molecule has 178 valence electrons. The van der Waals surface area contributed by atoms with E-state index in [0.717, 1.165) is 27.9 Å². The van der Waals surface area contributed by atoms with Crippen molar-refractivity contribution in [1.82, 2.24) is 35.1 Å². The lowest BCUT2D eigenvalue weighted by Crippen LogP contribution is -2.10. The molecule has 11 heteroatoms. The van der Waals surface area contributed by atoms with Crippen molar-refractivity contribution < 1.29 is 9.18 Å². The minimum atomic E-state index is -0.563. The summed E-state index contributed by atoms with van der Waals surface area (Å²) in [6.07, 6.45) is 9.11. The Labute approximate surface area is 207 Å². The Morgan fingerprint density at radius 1 is 1.11 bits per heavy atom. The van der Waals surface area contributed by atoms with Gasteiger partial charge in [-0.2, -0.15) is 5.10 Å². The van der Waals surface area contributed by atoms with E-state index in [1.807, 2.05) is 24.4 Å². The van der Waals surface area contributed by atoms with Crippen LogP contribution < -0.4 is 5.32 Å². The predicted octanol–water partition coefficient (Wildman–Crippen LogP) is 5.56. The number of halogens is 1. The van der Waals surface area contributed by atoms with Crippen LogP contribution in [0.3, 0.4) is 0 Å². The number of thiophene rings is 1. The number of fused-ring (bicyclic) bond motifs is 2. The molecule has 0 bridgehead atoms. The molecule has 0 radical (unpaired) electrons. The van der Waals surface area contributed by atoms with Crippen LogP contribution in [0.1, 0.15) is 19.8 Å². The lowest BCUT2D eigenvalue weighted by atomic mass is 10.1. The lowest BCUT2D eigenvalue weighted by Gasteiger charge is -2.07. The van der Waals surface area contributed by atoms with Gasteiger partial charge in [0.25, 0.3) is 0 Å². The molecule has 0 aromatic carbocycles. The molecule has 0 saturated heterocycles. The molecule has 9 nitrogen and oxygen atoms in total. The molecule has 6 heterocycles. The summed E-state index contributed by atoms with van der Waals surface area (Å²) in [7, 11) is 0. The molecule has 6 aromatic rings. The fourth-order valence-electron chi connectivity index (χ4n) is 4.09. The summed E-state index contributed by atoms with van der Waals surface area (Å²) in [6.45, 7) is 1.92. The van der Waals surface area contributed by atoms with Gasteiger partial charge in [0, 0.05) is 34.8 Å². The number of aromatic amines is 2. The Balaban J connectivity index is 1.44. The van der Waals surface area contributed by atoms with Crippen molar-refractivity contribution in [2.45, 2.75) is 19.8 Å². The maximum absolute atomic E-state index is 15.9. The number of nitrogens with zero attached hydrogens (tertiary/aromatic N) is 5. The molecule has 0 aliphatic heterocycles. The topological polar surface area (TPSA) is 125 Å². The average Bonchev–Trinajstić information content (AvgIpc) is 3.63. The summed E-state index contributed by atoms with van der Waals surface area (Å²) in [4.78, 5) is 33.8. The maximum Gasteiger partial charge on any atom is 0.224 e. The molecule has 0 fully saturated rings. The fraction of sp³-hybridized carbons (Fsp3) is 0.120. The van der Waals surface area contributed by atoms with Crippen molar-refractivity contribution in [1.29, 1.82) is 0 Å². The SMILES string of the molecule is CCCC(=O)Nc1cncc(-c2ncc3[nH]nc(-c4nc5c(-c6cccs6)cncc5[nH]4)c3c2F)c1. The van der Waals surface area contributed by atoms with Crippen molar-refractivity contribution >= 4 is 44.9 Å². The number of amides is 1. The Morgan fingerprint density at radius 3 is 2.83 bits per heavy atom. The quantitative estimate of drug-likeness (QED) is 0.276. The first-order chi connectivity index (χ1) is 17.6. The smallest absolute Gasteiger partial charge is 0.224 e. The van der Waals surface area contributed by atoms with E-state index < -0.39 is 5.82 Å². The second-order valence-electron chi connectivity index (χ2n) is 8.19. The number of hydrogen-bond acceptors (Lipinski definition) is 7. The normalized spacial score (nSPS) is 11.4. The zero-order valence-corrected chi connectivity index (χ0v) is 19.9. The van der Waals surface area contributed by atoms with E-state index in [1.54, 1.807) is 29.8 Å². The van der Waals surface area contributed by atoms with E-state index in [0.29, 0.717) is 34.7 Å². The number of anilines is 1. The van der Waals surface area contributed by atoms with Crippen LogP contribution in [-0.4, -0.2) is 41.0 Å². The van der Waals surface area contributed by atoms with Gasteiger partial charge in [0.15, 0.2) is 11.6 Å². The van der Waals surface area contributed by atoms with Crippen LogP contribution in [0, 0.1) is 5.82 Å². The Hall–Kier alpha value is -4.51. The molecule has 0 aliphatic carbocycles. The lowest BCUT2D eigenvalue weighted by molar-refractivity contribution is -0.116. The Morgan fingerprint density at radius 2 is 2.00 bits per heavy atom. The summed E-state index contributed by atoms with van der Waals surface area (Å²) < 4.78 is 15.9. The second-order valence-corrected chi connectivity index (χ2v) is 9.14. The summed E-state index contributed by atoms with van der Waals surface area (Å²) in [6, 6.07) is 5.62. The van der Waals surface area contributed by atoms with Crippen LogP contribution in [0.2, 0.25) is 0 Å². The third-order valence-corrected chi connectivity index (χ3v) is 6.63. The number of imidazole rings is 1. The van der Waals surface area contributed by atoms with E-state index >= 15 is 4.39 Å². The largest absolute Gasteiger partial charge is 0.335 e. The monoisotopic (exact) mass is 498 g/mol. The molecule has 36 heavy (non-hydrogen) atoms. The molecule has 1 amide bonds. The van der Waals surface area contributed by atoms with Gasteiger partial charge in [0.05, 0.1) is 40.7 Å². The van der Waals surface area contributed by atoms with Crippen LogP contribution in [0.25, 0.3) is 55.2 Å². The van der Waals surface area contributed by atoms with Gasteiger partial charge in [0.2, 0.25) is 5.91 Å². The molecule has 6 aromatic heterocycles. The van der Waals surface area contributed by atoms with Crippen molar-refractivity contribution in [2.75, 3.05) is 5.32 Å². The van der Waals surface area contributed by atoms with Crippen molar-refractivity contribution in [2.24, 2.45) is 0 Å². The number of rotatable bonds is 6. The highest BCUT2D eigenvalue weighted by Crippen LogP contribution is 2.35. The summed E-state index contributed by atoms with van der Waals surface area (Å²) in [5.41, 5.74) is 4.12. The van der Waals surface area contributed by atoms with E-state index in [-0.39, 0.29) is 17.0 Å². The molecule has 0 saturated carbocycles. The van der Waals surface area contributed by atoms with Crippen LogP contribution in [0.4, 0.5) is 10.1 Å². The highest BCUT2D eigenvalue weighted by Gasteiger charge is 2.21. The number of carbonyl (C=O) groups excluding carboxylic acids is 1. The minimum absolute atomic E-state index is 0.0984. The summed E-state index contributed by atoms with van der Waals surface area (Å²) in [5.74, 6) is -0.275. The molecule has 0 atom stereocenters. The van der Waals surface area contributed by atoms with Gasteiger partial charge in [0.1, 0.15) is 16.9 Å². The number of pyridine rings is 3. The van der Waals surface area contributed by atoms with Crippen LogP contribution >= 0.6 is 11.3 Å². The highest BCUT2D eigenvalue weighted by atomic mass is 32.1. The Bertz CT molecular complexity index is 1720. The van der Waals surface area contributed by atoms with Crippen molar-refractivity contribution in [3.8, 4) is 33.2 Å². The van der Waals surface area contributed by atoms with E-state index in [1.165, 1.54) is 18.6 Å². The molecule has 0 spiro atoms. The van der Waals surface area contributed by atoms with Crippen LogP contribution in [0.15, 0.2) is 54.6 Å². The standard InChI is InChI=1S/C25H19FN8OS/c1-2-4-19(35)30-14-7-13(8-27-9-14)22-21(26)20-16(12-29-22)33-34-24(20)25-31-17-11-28-10-15(23(17)32-25)18-5-3-6-36-18/h3,5-12H,2,4H2,1H3,(H,30,35)(H,31,32)(H,33,34). The zero-order valence-electron chi connectivity index (χ0n) is 19.0. The molecule has 0 unspecified atom stereocenters. The van der Waals surface area contributed by atoms with E-state index in [2.05, 4.69) is 35.5 Å². The van der Waals surface area contributed by atoms with Gasteiger partial charge in [-0.15, -0.1) is 11.3 Å². The van der Waals surface area contributed by atoms with Gasteiger partial charge in [-0.25, -0.2) is 9.37 Å². The third-order valence-electron chi connectivity index (χ3n) is 5.72. The van der Waals surface area contributed by atoms with E-state index in [4.69, 9.17) is 4.98 Å². The molecule has 6 rings (SSSR count). The maximum atomic E-state index is 15.9. The fourth-order valence-corrected chi connectivity index (χ4v) is 4.83. The summed E-state index contributed by atoms with van der Waals surface area (Å²) in [5, 5.41) is 12.2. The van der Waals surface area contributed by atoms with Crippen LogP contribution in [-0.2, 0) is 4.79 Å². The number of H-pyrrole nitrogens is 2. The molecule has 0 aliphatic rings. The van der Waals surface area contributed by atoms with Gasteiger partial charge < -0.3 is 10.3 Å². The van der Waals surface area contributed by atoms with Gasteiger partial charge in [-0.05, 0) is 23.9 Å². The Kier molecular flexibility index (Phi) is 5.45. The second kappa shape index (κ2) is 8.93. The number of nitrogens with one attached hydrogen (secondary N) is 3. The predicted molar refractivity (Wildman–Crippen MR) is 137 cm³/mol. The molecular formula is C25H19FN8OS. The summed E-state index contributed by atoms with van der Waals surface area (Å²) >= 11 is 1.59. The minimum Gasteiger partial charge on any atom is -0.335 e. The van der Waals surface area contributed by atoms with E-state index in [9.17, 15) is 4.79 Å². The van der Waals surface area contributed by atoms with Gasteiger partial charge >= 0.3 is 0 Å². The molecular weight excluding hydrogens is 479 g/mol. The first-order valence-corrected chi connectivity index (χ1v) is 12.2. The number of carbonyl (C=O) groups is 1. The van der Waals surface area contributed by atoms with Gasteiger partial charge in [-0.3, -0.25) is 24.8 Å². The van der Waals surface area contributed by atoms with Crippen molar-refractivity contribution in [3.05, 3.63) is 60.4 Å². The number of aromatic nitrogens is 7. The number of hydrogen-bond donors (Lipinski definition) is 3. The third kappa shape index (κ3) is 3.79. The van der Waals surface area contributed by atoms with Crippen molar-refractivity contribution in [3.63, 3.8) is 0 Å².